The highest BCUT2D eigenvalue weighted by molar-refractivity contribution is 6.31. The normalized spacial score (nSPS) is 41.2. The summed E-state index contributed by atoms with van der Waals surface area (Å²) >= 11 is 6.53. The molecule has 0 aliphatic heterocycles. The largest absolute Gasteiger partial charge is 0.393 e. The number of aliphatic hydroxyl groups excluding tert-OH is 1. The molecule has 2 aromatic carbocycles. The first kappa shape index (κ1) is 39.5. The van der Waals surface area contributed by atoms with E-state index < -0.39 is 33.8 Å². The fourth-order valence-corrected chi connectivity index (χ4v) is 14.9. The smallest absolute Gasteiger partial charge is 0.317 e. The second-order valence-corrected chi connectivity index (χ2v) is 21.2. The van der Waals surface area contributed by atoms with E-state index in [0.29, 0.717) is 43.2 Å². The van der Waals surface area contributed by atoms with Crippen LogP contribution in [0.4, 0.5) is 9.18 Å². The molecule has 12 atom stereocenters. The molecular weight excluding hydrogens is 735 g/mol. The van der Waals surface area contributed by atoms with Gasteiger partial charge < -0.3 is 20.4 Å². The number of carbonyl (C=O) groups is 2. The third-order valence-corrected chi connectivity index (χ3v) is 18.6. The van der Waals surface area contributed by atoms with Crippen molar-refractivity contribution < 1.29 is 24.2 Å². The molecule has 0 saturated heterocycles. The van der Waals surface area contributed by atoms with Gasteiger partial charge in [-0.05, 0) is 129 Å². The van der Waals surface area contributed by atoms with Crippen LogP contribution in [0.5, 0.6) is 0 Å². The summed E-state index contributed by atoms with van der Waals surface area (Å²) in [7, 11) is 0. The molecule has 8 heteroatoms. The van der Waals surface area contributed by atoms with Crippen molar-refractivity contribution in [2.45, 2.75) is 123 Å². The van der Waals surface area contributed by atoms with Crippen LogP contribution in [0.15, 0.2) is 72.3 Å². The molecule has 6 saturated carbocycles. The van der Waals surface area contributed by atoms with E-state index in [0.717, 1.165) is 43.6 Å². The van der Waals surface area contributed by atoms with E-state index in [9.17, 15) is 19.8 Å². The van der Waals surface area contributed by atoms with E-state index in [1.54, 1.807) is 12.1 Å². The first-order valence-electron chi connectivity index (χ1n) is 21.9. The highest BCUT2D eigenvalue weighted by atomic mass is 35.5. The minimum Gasteiger partial charge on any atom is -0.393 e. The zero-order valence-electron chi connectivity index (χ0n) is 34.5. The van der Waals surface area contributed by atoms with Crippen molar-refractivity contribution in [3.05, 3.63) is 94.3 Å². The number of nitrogens with one attached hydrogen (secondary N) is 1. The second-order valence-electron chi connectivity index (χ2n) is 20.8. The van der Waals surface area contributed by atoms with Gasteiger partial charge in [-0.2, -0.15) is 0 Å². The minimum atomic E-state index is -1.19. The average Bonchev–Trinajstić information content (AvgIpc) is 3.45. The maximum absolute atomic E-state index is 15.3. The molecule has 6 nitrogen and oxygen atoms in total. The van der Waals surface area contributed by atoms with Crippen LogP contribution in [0.25, 0.3) is 0 Å². The lowest BCUT2D eigenvalue weighted by Crippen LogP contribution is -2.67. The summed E-state index contributed by atoms with van der Waals surface area (Å²) in [5.41, 5.74) is -0.922. The van der Waals surface area contributed by atoms with Gasteiger partial charge in [0, 0.05) is 45.4 Å². The molecule has 0 aromatic heterocycles. The number of carbonyl (C=O) groups excluding carboxylic acids is 2. The molecule has 4 bridgehead atoms. The summed E-state index contributed by atoms with van der Waals surface area (Å²) < 4.78 is 15.3. The molecule has 0 radical (unpaired) electrons. The number of urea groups is 1. The Morgan fingerprint density at radius 2 is 1.65 bits per heavy atom. The lowest BCUT2D eigenvalue weighted by Gasteiger charge is -2.71. The number of hydrogen-bond acceptors (Lipinski definition) is 4. The van der Waals surface area contributed by atoms with Gasteiger partial charge in [0.2, 0.25) is 0 Å². The number of allylic oxidation sites excluding steroid dienone is 4. The molecule has 306 valence electrons. The molecule has 57 heavy (non-hydrogen) atoms. The Morgan fingerprint density at radius 1 is 0.930 bits per heavy atom. The zero-order valence-corrected chi connectivity index (χ0v) is 35.3. The molecule has 2 aromatic rings. The van der Waals surface area contributed by atoms with Crippen molar-refractivity contribution in [1.29, 1.82) is 0 Å². The van der Waals surface area contributed by atoms with Crippen LogP contribution < -0.4 is 5.32 Å². The second kappa shape index (κ2) is 13.5. The van der Waals surface area contributed by atoms with Gasteiger partial charge in [0.25, 0.3) is 0 Å². The van der Waals surface area contributed by atoms with E-state index in [-0.39, 0.29) is 64.1 Å². The number of ketones is 1. The Kier molecular flexibility index (Phi) is 9.35. The van der Waals surface area contributed by atoms with Gasteiger partial charge in [0.1, 0.15) is 5.82 Å². The Balaban J connectivity index is 1.08. The Hall–Kier alpha value is -3.00. The molecule has 0 heterocycles. The van der Waals surface area contributed by atoms with E-state index in [2.05, 4.69) is 51.2 Å². The Morgan fingerprint density at radius 3 is 2.37 bits per heavy atom. The summed E-state index contributed by atoms with van der Waals surface area (Å²) in [5.74, 6) is 1.10. The predicted octanol–water partition coefficient (Wildman–Crippen LogP) is 10.0. The number of hydrogen-bond donors (Lipinski definition) is 3. The van der Waals surface area contributed by atoms with Gasteiger partial charge in [-0.15, -0.1) is 0 Å². The standard InChI is InChI=1S/C49H62ClFN2O4/c1-30(31-10-7-6-8-11-31)52-43(56)53(28-32-14-15-33-24-36(32)44(33,2)3)29-48(57)21-18-42-46(48,5)20-17-41-45(4)19-16-34(54)26-47(45)22-23-49(41,42)37(27-47)40(55)25-35-38(50)12-9-13-39(35)51/h6-13,22-23,27,30,32-34,36,41-42,54,57H,14-21,24-26,28-29H2,1-5H3,(H,52,56). The summed E-state index contributed by atoms with van der Waals surface area (Å²) in [6, 6.07) is 14.3. The molecule has 9 aliphatic carbocycles. The van der Waals surface area contributed by atoms with E-state index in [1.165, 1.54) is 18.9 Å². The van der Waals surface area contributed by atoms with Crippen LogP contribution in [0.3, 0.4) is 0 Å². The first-order valence-corrected chi connectivity index (χ1v) is 22.3. The molecule has 2 amide bonds. The maximum atomic E-state index is 15.3. The van der Waals surface area contributed by atoms with Crippen molar-refractivity contribution in [2.75, 3.05) is 13.1 Å². The van der Waals surface area contributed by atoms with E-state index in [1.807, 2.05) is 42.2 Å². The fourth-order valence-electron chi connectivity index (χ4n) is 14.7. The predicted molar refractivity (Wildman–Crippen MR) is 222 cm³/mol. The number of rotatable bonds is 9. The number of aliphatic hydroxyl groups is 2. The van der Waals surface area contributed by atoms with Crippen molar-refractivity contribution >= 4 is 23.4 Å². The number of nitrogens with zero attached hydrogens (tertiary/aromatic N) is 1. The van der Waals surface area contributed by atoms with Crippen molar-refractivity contribution in [1.82, 2.24) is 10.2 Å². The van der Waals surface area contributed by atoms with Crippen LogP contribution in [0.2, 0.25) is 5.02 Å². The number of halogens is 2. The molecule has 12 unspecified atom stereocenters. The van der Waals surface area contributed by atoms with Crippen LogP contribution in [0.1, 0.15) is 116 Å². The van der Waals surface area contributed by atoms with Crippen molar-refractivity contribution in [3.8, 4) is 0 Å². The number of fused-ring (bicyclic) bond motifs is 3. The highest BCUT2D eigenvalue weighted by Gasteiger charge is 2.74. The Bertz CT molecular complexity index is 2000. The summed E-state index contributed by atoms with van der Waals surface area (Å²) in [4.78, 5) is 31.5. The van der Waals surface area contributed by atoms with Crippen LogP contribution in [-0.2, 0) is 11.2 Å². The summed E-state index contributed by atoms with van der Waals surface area (Å²) in [6.45, 7) is 12.3. The van der Waals surface area contributed by atoms with Gasteiger partial charge in [-0.3, -0.25) is 4.79 Å². The van der Waals surface area contributed by atoms with E-state index in [4.69, 9.17) is 11.6 Å². The maximum Gasteiger partial charge on any atom is 0.317 e. The minimum absolute atomic E-state index is 0.0765. The SMILES string of the molecule is CC(NC(=O)N(CC1CCC2CC1C2(C)C)CC1(O)CCC2C34C=CC5(C=C3C(=O)Cc3c(F)cccc3Cl)CC(O)CCC5(C)C4CCC21C)c1ccccc1. The van der Waals surface area contributed by atoms with Gasteiger partial charge in [-0.25, -0.2) is 9.18 Å². The number of benzene rings is 2. The quantitative estimate of drug-likeness (QED) is 0.221. The molecule has 2 spiro atoms. The van der Waals surface area contributed by atoms with Gasteiger partial charge >= 0.3 is 6.03 Å². The molecule has 9 aliphatic rings. The third kappa shape index (κ3) is 5.66. The molecule has 6 fully saturated rings. The van der Waals surface area contributed by atoms with Gasteiger partial charge in [0.05, 0.1) is 24.3 Å². The Labute approximate surface area is 343 Å². The van der Waals surface area contributed by atoms with Gasteiger partial charge in [0.15, 0.2) is 5.78 Å². The highest BCUT2D eigenvalue weighted by Crippen LogP contribution is 2.78. The van der Waals surface area contributed by atoms with Crippen molar-refractivity contribution in [2.24, 2.45) is 56.7 Å². The van der Waals surface area contributed by atoms with E-state index >= 15 is 4.39 Å². The molecular formula is C49H62ClFN2O4. The lowest BCUT2D eigenvalue weighted by atomic mass is 9.32. The van der Waals surface area contributed by atoms with Gasteiger partial charge in [-0.1, -0.05) is 93.9 Å². The zero-order chi connectivity index (χ0) is 40.3. The topological polar surface area (TPSA) is 89.9 Å². The summed E-state index contributed by atoms with van der Waals surface area (Å²) in [6.07, 6.45) is 14.6. The third-order valence-electron chi connectivity index (χ3n) is 18.2. The fraction of sp³-hybridized carbons (Fsp3) is 0.633. The molecule has 3 N–H and O–H groups in total. The first-order chi connectivity index (χ1) is 27.0. The van der Waals surface area contributed by atoms with Crippen molar-refractivity contribution in [3.63, 3.8) is 0 Å². The number of Topliss-reactive ketones (excluding diaryl/α,β-unsaturated/α-hetero) is 1. The lowest BCUT2D eigenvalue weighted by molar-refractivity contribution is -0.179. The average molecular weight is 797 g/mol. The van der Waals surface area contributed by atoms with Crippen LogP contribution in [-0.4, -0.2) is 51.7 Å². The monoisotopic (exact) mass is 796 g/mol. The summed E-state index contributed by atoms with van der Waals surface area (Å²) in [5, 5.41) is 28.0. The van der Waals surface area contributed by atoms with Crippen LogP contribution >= 0.6 is 11.6 Å². The van der Waals surface area contributed by atoms with Crippen LogP contribution in [0, 0.1) is 62.5 Å². The molecule has 11 rings (SSSR count). The number of amides is 2.